The molecular formula is C20H21ClN4. The molecule has 128 valence electrons. The Morgan fingerprint density at radius 3 is 2.36 bits per heavy atom. The second-order valence-corrected chi connectivity index (χ2v) is 6.38. The predicted octanol–water partition coefficient (Wildman–Crippen LogP) is 5.22. The predicted molar refractivity (Wildman–Crippen MR) is 104 cm³/mol. The molecule has 2 N–H and O–H groups in total. The fourth-order valence-electron chi connectivity index (χ4n) is 2.57. The molecule has 2 aromatic carbocycles. The van der Waals surface area contributed by atoms with Crippen LogP contribution in [0.2, 0.25) is 5.02 Å². The summed E-state index contributed by atoms with van der Waals surface area (Å²) in [4.78, 5) is 8.94. The number of nitrogens with zero attached hydrogens (tertiary/aromatic N) is 2. The zero-order valence-electron chi connectivity index (χ0n) is 14.3. The Morgan fingerprint density at radius 1 is 0.960 bits per heavy atom. The molecule has 25 heavy (non-hydrogen) atoms. The van der Waals surface area contributed by atoms with E-state index in [0.717, 1.165) is 28.0 Å². The van der Waals surface area contributed by atoms with Crippen LogP contribution in [-0.4, -0.2) is 9.97 Å². The van der Waals surface area contributed by atoms with Gasteiger partial charge in [-0.3, -0.25) is 0 Å². The molecule has 0 spiro atoms. The third-order valence-electron chi connectivity index (χ3n) is 3.89. The van der Waals surface area contributed by atoms with E-state index >= 15 is 0 Å². The molecule has 5 heteroatoms. The van der Waals surface area contributed by atoms with Gasteiger partial charge < -0.3 is 10.6 Å². The summed E-state index contributed by atoms with van der Waals surface area (Å²) in [7, 11) is 0. The largest absolute Gasteiger partial charge is 0.366 e. The Bertz CT molecular complexity index is 819. The minimum Gasteiger partial charge on any atom is -0.366 e. The molecule has 0 amide bonds. The van der Waals surface area contributed by atoms with Crippen molar-refractivity contribution in [2.45, 2.75) is 26.4 Å². The zero-order valence-corrected chi connectivity index (χ0v) is 15.1. The van der Waals surface area contributed by atoms with Gasteiger partial charge in [0.2, 0.25) is 0 Å². The van der Waals surface area contributed by atoms with E-state index in [1.807, 2.05) is 55.5 Å². The molecule has 1 aromatic heterocycles. The van der Waals surface area contributed by atoms with Gasteiger partial charge in [0.25, 0.3) is 0 Å². The van der Waals surface area contributed by atoms with E-state index in [1.165, 1.54) is 5.56 Å². The number of hydrogen-bond acceptors (Lipinski definition) is 4. The van der Waals surface area contributed by atoms with Gasteiger partial charge in [-0.05, 0) is 37.1 Å². The van der Waals surface area contributed by atoms with Crippen molar-refractivity contribution in [1.29, 1.82) is 0 Å². The summed E-state index contributed by atoms with van der Waals surface area (Å²) in [6.45, 7) is 4.70. The summed E-state index contributed by atoms with van der Waals surface area (Å²) in [6.07, 6.45) is 0. The van der Waals surface area contributed by atoms with Gasteiger partial charge in [-0.1, -0.05) is 54.1 Å². The third-order valence-corrected chi connectivity index (χ3v) is 4.14. The van der Waals surface area contributed by atoms with Crippen LogP contribution in [0, 0.1) is 6.92 Å². The number of benzene rings is 2. The highest BCUT2D eigenvalue weighted by atomic mass is 35.5. The lowest BCUT2D eigenvalue weighted by Crippen LogP contribution is -2.10. The Morgan fingerprint density at radius 2 is 1.64 bits per heavy atom. The molecule has 3 rings (SSSR count). The molecule has 1 heterocycles. The number of hydrogen-bond donors (Lipinski definition) is 2. The molecule has 0 aliphatic carbocycles. The van der Waals surface area contributed by atoms with Gasteiger partial charge >= 0.3 is 0 Å². The summed E-state index contributed by atoms with van der Waals surface area (Å²) >= 11 is 5.92. The minimum absolute atomic E-state index is 0.166. The average molecular weight is 353 g/mol. The highest BCUT2D eigenvalue weighted by Crippen LogP contribution is 2.20. The van der Waals surface area contributed by atoms with Crippen molar-refractivity contribution in [2.75, 3.05) is 10.6 Å². The van der Waals surface area contributed by atoms with E-state index in [1.54, 1.807) is 0 Å². The second kappa shape index (κ2) is 7.99. The second-order valence-electron chi connectivity index (χ2n) is 5.94. The van der Waals surface area contributed by atoms with Crippen molar-refractivity contribution in [3.8, 4) is 0 Å². The summed E-state index contributed by atoms with van der Waals surface area (Å²) in [6, 6.07) is 20.2. The lowest BCUT2D eigenvalue weighted by molar-refractivity contribution is 0.866. The molecular weight excluding hydrogens is 332 g/mol. The van der Waals surface area contributed by atoms with E-state index in [4.69, 9.17) is 11.6 Å². The molecule has 0 saturated carbocycles. The Kier molecular flexibility index (Phi) is 5.51. The SMILES string of the molecule is Cc1nc(NCc2ccc(Cl)cc2)cc(NC(C)c2ccccc2)n1. The van der Waals surface area contributed by atoms with E-state index in [0.29, 0.717) is 6.54 Å². The quantitative estimate of drug-likeness (QED) is 0.638. The number of halogens is 1. The monoisotopic (exact) mass is 352 g/mol. The molecule has 0 aliphatic heterocycles. The number of aromatic nitrogens is 2. The highest BCUT2D eigenvalue weighted by Gasteiger charge is 2.08. The fraction of sp³-hybridized carbons (Fsp3) is 0.200. The number of anilines is 2. The molecule has 0 aliphatic rings. The number of rotatable bonds is 6. The van der Waals surface area contributed by atoms with Gasteiger partial charge in [-0.25, -0.2) is 9.97 Å². The lowest BCUT2D eigenvalue weighted by Gasteiger charge is -2.16. The van der Waals surface area contributed by atoms with E-state index < -0.39 is 0 Å². The van der Waals surface area contributed by atoms with E-state index in [2.05, 4.69) is 39.7 Å². The zero-order chi connectivity index (χ0) is 17.6. The number of nitrogens with one attached hydrogen (secondary N) is 2. The molecule has 0 fully saturated rings. The van der Waals surface area contributed by atoms with E-state index in [-0.39, 0.29) is 6.04 Å². The fourth-order valence-corrected chi connectivity index (χ4v) is 2.70. The van der Waals surface area contributed by atoms with Gasteiger partial charge in [-0.15, -0.1) is 0 Å². The molecule has 3 aromatic rings. The summed E-state index contributed by atoms with van der Waals surface area (Å²) < 4.78 is 0. The molecule has 0 radical (unpaired) electrons. The number of aryl methyl sites for hydroxylation is 1. The van der Waals surface area contributed by atoms with Crippen LogP contribution in [0.4, 0.5) is 11.6 Å². The first-order valence-electron chi connectivity index (χ1n) is 8.25. The van der Waals surface area contributed by atoms with Gasteiger partial charge in [0.1, 0.15) is 17.5 Å². The maximum atomic E-state index is 5.92. The lowest BCUT2D eigenvalue weighted by atomic mass is 10.1. The molecule has 4 nitrogen and oxygen atoms in total. The van der Waals surface area contributed by atoms with Gasteiger partial charge in [0.05, 0.1) is 0 Å². The standard InChI is InChI=1S/C20H21ClN4/c1-14(17-6-4-3-5-7-17)23-20-12-19(24-15(2)25-20)22-13-16-8-10-18(21)11-9-16/h3-12,14H,13H2,1-2H3,(H2,22,23,24,25). The van der Waals surface area contributed by atoms with E-state index in [9.17, 15) is 0 Å². The maximum absolute atomic E-state index is 5.92. The Hall–Kier alpha value is -2.59. The molecule has 0 saturated heterocycles. The smallest absolute Gasteiger partial charge is 0.132 e. The van der Waals surface area contributed by atoms with Crippen molar-refractivity contribution in [3.63, 3.8) is 0 Å². The van der Waals surface area contributed by atoms with Crippen LogP contribution in [0.1, 0.15) is 29.9 Å². The Labute approximate surface area is 153 Å². The van der Waals surface area contributed by atoms with Crippen LogP contribution in [0.5, 0.6) is 0 Å². The summed E-state index contributed by atoms with van der Waals surface area (Å²) in [5.41, 5.74) is 2.36. The topological polar surface area (TPSA) is 49.8 Å². The van der Waals surface area contributed by atoms with Crippen molar-refractivity contribution in [1.82, 2.24) is 9.97 Å². The Balaban J connectivity index is 1.68. The van der Waals surface area contributed by atoms with Crippen LogP contribution >= 0.6 is 11.6 Å². The first kappa shape index (κ1) is 17.2. The maximum Gasteiger partial charge on any atom is 0.132 e. The average Bonchev–Trinajstić information content (AvgIpc) is 2.61. The van der Waals surface area contributed by atoms with Gasteiger partial charge in [-0.2, -0.15) is 0 Å². The van der Waals surface area contributed by atoms with Crippen molar-refractivity contribution >= 4 is 23.2 Å². The van der Waals surface area contributed by atoms with Crippen molar-refractivity contribution < 1.29 is 0 Å². The summed E-state index contributed by atoms with van der Waals surface area (Å²) in [5, 5.41) is 7.52. The van der Waals surface area contributed by atoms with Gasteiger partial charge in [0, 0.05) is 23.7 Å². The highest BCUT2D eigenvalue weighted by molar-refractivity contribution is 6.30. The first-order chi connectivity index (χ1) is 12.1. The van der Waals surface area contributed by atoms with Crippen molar-refractivity contribution in [2.24, 2.45) is 0 Å². The van der Waals surface area contributed by atoms with Crippen molar-refractivity contribution in [3.05, 3.63) is 82.6 Å². The molecule has 0 bridgehead atoms. The van der Waals surface area contributed by atoms with Gasteiger partial charge in [0.15, 0.2) is 0 Å². The normalized spacial score (nSPS) is 11.8. The first-order valence-corrected chi connectivity index (χ1v) is 8.63. The van der Waals surface area contributed by atoms with Crippen LogP contribution in [-0.2, 0) is 6.54 Å². The van der Waals surface area contributed by atoms with Crippen LogP contribution in [0.15, 0.2) is 60.7 Å². The van der Waals surface area contributed by atoms with Crippen LogP contribution in [0.25, 0.3) is 0 Å². The molecule has 1 unspecified atom stereocenters. The van der Waals surface area contributed by atoms with Crippen LogP contribution in [0.3, 0.4) is 0 Å². The third kappa shape index (κ3) is 4.94. The summed E-state index contributed by atoms with van der Waals surface area (Å²) in [5.74, 6) is 2.33. The van der Waals surface area contributed by atoms with Crippen LogP contribution < -0.4 is 10.6 Å². The minimum atomic E-state index is 0.166. The molecule has 1 atom stereocenters.